The molecule has 1 heterocycles. The van der Waals surface area contributed by atoms with Crippen molar-refractivity contribution in [1.29, 1.82) is 0 Å². The highest BCUT2D eigenvalue weighted by molar-refractivity contribution is 8.00. The van der Waals surface area contributed by atoms with Crippen molar-refractivity contribution in [3.63, 3.8) is 0 Å². The maximum atomic E-state index is 13.0. The minimum atomic E-state index is -0.369. The molecule has 3 rings (SSSR count). The molecule has 0 aliphatic carbocycles. The highest BCUT2D eigenvalue weighted by atomic mass is 32.2. The summed E-state index contributed by atoms with van der Waals surface area (Å²) < 4.78 is 18.6. The first kappa shape index (κ1) is 19.3. The minimum absolute atomic E-state index is 0.00184. The lowest BCUT2D eigenvalue weighted by molar-refractivity contribution is 0.0993. The van der Waals surface area contributed by atoms with E-state index in [1.807, 2.05) is 31.2 Å². The number of rotatable bonds is 5. The van der Waals surface area contributed by atoms with E-state index in [0.29, 0.717) is 22.2 Å². The minimum Gasteiger partial charge on any atom is -0.411 e. The number of halogens is 1. The van der Waals surface area contributed by atoms with Gasteiger partial charge in [-0.15, -0.1) is 10.2 Å². The second kappa shape index (κ2) is 7.64. The lowest BCUT2D eigenvalue weighted by Gasteiger charge is -2.19. The predicted octanol–water partition coefficient (Wildman–Crippen LogP) is 5.54. The molecule has 0 fully saturated rings. The van der Waals surface area contributed by atoms with Crippen molar-refractivity contribution >= 4 is 17.5 Å². The van der Waals surface area contributed by atoms with Gasteiger partial charge in [0.1, 0.15) is 5.82 Å². The van der Waals surface area contributed by atoms with Crippen LogP contribution in [0.4, 0.5) is 4.39 Å². The van der Waals surface area contributed by atoms with Crippen molar-refractivity contribution in [2.24, 2.45) is 0 Å². The van der Waals surface area contributed by atoms with E-state index in [1.165, 1.54) is 29.5 Å². The maximum Gasteiger partial charge on any atom is 0.277 e. The van der Waals surface area contributed by atoms with E-state index >= 15 is 0 Å². The molecule has 4 nitrogen and oxygen atoms in total. The Morgan fingerprint density at radius 1 is 1.04 bits per heavy atom. The molecule has 0 bridgehead atoms. The molecule has 0 N–H and O–H groups in total. The molecule has 2 aromatic carbocycles. The third-order valence-electron chi connectivity index (χ3n) is 4.18. The molecule has 6 heteroatoms. The molecule has 0 radical (unpaired) electrons. The zero-order valence-corrected chi connectivity index (χ0v) is 16.5. The maximum absolute atomic E-state index is 13.0. The average molecular weight is 384 g/mol. The van der Waals surface area contributed by atoms with E-state index in [-0.39, 0.29) is 22.3 Å². The number of hydrogen-bond donors (Lipinski definition) is 0. The molecular weight excluding hydrogens is 363 g/mol. The Bertz CT molecular complexity index is 928. The Balaban J connectivity index is 1.69. The lowest BCUT2D eigenvalue weighted by Crippen LogP contribution is -2.15. The van der Waals surface area contributed by atoms with Crippen LogP contribution in [0.3, 0.4) is 0 Å². The number of Topliss-reactive ketones (excluding diaryl/α,β-unsaturated/α-hetero) is 1. The first-order valence-electron chi connectivity index (χ1n) is 8.65. The Morgan fingerprint density at radius 3 is 2.26 bits per heavy atom. The molecule has 1 atom stereocenters. The second-order valence-corrected chi connectivity index (χ2v) is 8.62. The van der Waals surface area contributed by atoms with Crippen molar-refractivity contribution in [2.75, 3.05) is 0 Å². The number of thioether (sulfide) groups is 1. The summed E-state index contributed by atoms with van der Waals surface area (Å²) in [7, 11) is 0. The summed E-state index contributed by atoms with van der Waals surface area (Å²) >= 11 is 1.21. The Kier molecular flexibility index (Phi) is 5.46. The topological polar surface area (TPSA) is 56.0 Å². The van der Waals surface area contributed by atoms with Crippen molar-refractivity contribution in [3.8, 4) is 11.5 Å². The molecule has 0 amide bonds. The van der Waals surface area contributed by atoms with E-state index < -0.39 is 0 Å². The zero-order chi connectivity index (χ0) is 19.6. The number of nitrogens with zero attached hydrogens (tertiary/aromatic N) is 2. The van der Waals surface area contributed by atoms with Gasteiger partial charge < -0.3 is 4.42 Å². The van der Waals surface area contributed by atoms with E-state index in [4.69, 9.17) is 4.42 Å². The van der Waals surface area contributed by atoms with Crippen LogP contribution in [-0.4, -0.2) is 21.2 Å². The number of carbonyl (C=O) groups is 1. The number of aromatic nitrogens is 2. The van der Waals surface area contributed by atoms with Gasteiger partial charge in [0.15, 0.2) is 5.78 Å². The van der Waals surface area contributed by atoms with Crippen LogP contribution in [0.15, 0.2) is 58.2 Å². The third kappa shape index (κ3) is 4.63. The highest BCUT2D eigenvalue weighted by Gasteiger charge is 2.21. The van der Waals surface area contributed by atoms with Gasteiger partial charge in [0.2, 0.25) is 5.89 Å². The SMILES string of the molecule is C[C@H](Sc1nnc(-c2ccc(F)cc2)o1)C(=O)c1ccc(C(C)(C)C)cc1. The molecule has 140 valence electrons. The monoisotopic (exact) mass is 384 g/mol. The smallest absolute Gasteiger partial charge is 0.277 e. The van der Waals surface area contributed by atoms with Gasteiger partial charge in [0.25, 0.3) is 5.22 Å². The number of benzene rings is 2. The Hall–Kier alpha value is -2.47. The molecule has 0 unspecified atom stereocenters. The van der Waals surface area contributed by atoms with Gasteiger partial charge in [-0.2, -0.15) is 0 Å². The summed E-state index contributed by atoms with van der Waals surface area (Å²) in [5.41, 5.74) is 2.51. The van der Waals surface area contributed by atoms with Crippen LogP contribution >= 0.6 is 11.8 Å². The molecule has 27 heavy (non-hydrogen) atoms. The van der Waals surface area contributed by atoms with E-state index in [1.54, 1.807) is 12.1 Å². The molecule has 3 aromatic rings. The molecule has 0 aliphatic heterocycles. The van der Waals surface area contributed by atoms with Crippen molar-refractivity contribution in [2.45, 2.75) is 43.6 Å². The Labute approximate surface area is 162 Å². The Morgan fingerprint density at radius 2 is 1.67 bits per heavy atom. The fourth-order valence-electron chi connectivity index (χ4n) is 2.54. The molecule has 1 aromatic heterocycles. The molecular formula is C21H21FN2O2S. The number of carbonyl (C=O) groups excluding carboxylic acids is 1. The van der Waals surface area contributed by atoms with Gasteiger partial charge >= 0.3 is 0 Å². The van der Waals surface area contributed by atoms with Gasteiger partial charge in [-0.3, -0.25) is 4.79 Å². The summed E-state index contributed by atoms with van der Waals surface area (Å²) in [5, 5.41) is 7.88. The van der Waals surface area contributed by atoms with Crippen molar-refractivity contribution < 1.29 is 13.6 Å². The fraction of sp³-hybridized carbons (Fsp3) is 0.286. The molecule has 0 aliphatic rings. The van der Waals surface area contributed by atoms with Gasteiger partial charge in [0.05, 0.1) is 5.25 Å². The number of hydrogen-bond acceptors (Lipinski definition) is 5. The van der Waals surface area contributed by atoms with E-state index in [2.05, 4.69) is 31.0 Å². The quantitative estimate of drug-likeness (QED) is 0.427. The largest absolute Gasteiger partial charge is 0.411 e. The molecule has 0 saturated carbocycles. The molecule has 0 spiro atoms. The van der Waals surface area contributed by atoms with Crippen LogP contribution in [0.1, 0.15) is 43.6 Å². The highest BCUT2D eigenvalue weighted by Crippen LogP contribution is 2.28. The second-order valence-electron chi connectivity index (χ2n) is 7.33. The third-order valence-corrected chi connectivity index (χ3v) is 5.11. The summed E-state index contributed by atoms with van der Waals surface area (Å²) in [5.74, 6) is -0.0294. The van der Waals surface area contributed by atoms with E-state index in [9.17, 15) is 9.18 Å². The van der Waals surface area contributed by atoms with Gasteiger partial charge in [-0.05, 0) is 42.2 Å². The summed E-state index contributed by atoms with van der Waals surface area (Å²) in [6.45, 7) is 8.22. The van der Waals surface area contributed by atoms with E-state index in [0.717, 1.165) is 0 Å². The fourth-order valence-corrected chi connectivity index (χ4v) is 3.30. The van der Waals surface area contributed by atoms with Crippen molar-refractivity contribution in [1.82, 2.24) is 10.2 Å². The number of ketones is 1. The van der Waals surface area contributed by atoms with Crippen LogP contribution in [0.25, 0.3) is 11.5 Å². The van der Waals surface area contributed by atoms with Crippen LogP contribution in [-0.2, 0) is 5.41 Å². The summed E-state index contributed by atoms with van der Waals surface area (Å²) in [6, 6.07) is 13.5. The zero-order valence-electron chi connectivity index (χ0n) is 15.7. The van der Waals surface area contributed by atoms with Crippen LogP contribution in [0.5, 0.6) is 0 Å². The normalized spacial score (nSPS) is 12.8. The van der Waals surface area contributed by atoms with Crippen LogP contribution in [0.2, 0.25) is 0 Å². The summed E-state index contributed by atoms with van der Waals surface area (Å²) in [4.78, 5) is 12.7. The predicted molar refractivity (Wildman–Crippen MR) is 104 cm³/mol. The first-order chi connectivity index (χ1) is 12.7. The van der Waals surface area contributed by atoms with Gasteiger partial charge in [-0.25, -0.2) is 4.39 Å². The van der Waals surface area contributed by atoms with Crippen molar-refractivity contribution in [3.05, 3.63) is 65.5 Å². The average Bonchev–Trinajstić information content (AvgIpc) is 3.09. The lowest BCUT2D eigenvalue weighted by atomic mass is 9.86. The van der Waals surface area contributed by atoms with Gasteiger partial charge in [0, 0.05) is 11.1 Å². The van der Waals surface area contributed by atoms with Crippen LogP contribution in [0, 0.1) is 5.82 Å². The van der Waals surface area contributed by atoms with Crippen LogP contribution < -0.4 is 0 Å². The van der Waals surface area contributed by atoms with Gasteiger partial charge in [-0.1, -0.05) is 56.8 Å². The summed E-state index contributed by atoms with van der Waals surface area (Å²) in [6.07, 6.45) is 0. The molecule has 0 saturated heterocycles. The first-order valence-corrected chi connectivity index (χ1v) is 9.53. The standard InChI is InChI=1S/C21H21FN2O2S/c1-13(18(25)14-5-9-16(10-6-14)21(2,3)4)27-20-24-23-19(26-20)15-7-11-17(22)12-8-15/h5-13H,1-4H3/t13-/m0/s1.